The van der Waals surface area contributed by atoms with Gasteiger partial charge in [0.15, 0.2) is 0 Å². The molecule has 0 aliphatic heterocycles. The summed E-state index contributed by atoms with van der Waals surface area (Å²) in [6.45, 7) is 9.57. The molecule has 1 unspecified atom stereocenters. The summed E-state index contributed by atoms with van der Waals surface area (Å²) < 4.78 is 0. The lowest BCUT2D eigenvalue weighted by atomic mass is 9.71. The highest BCUT2D eigenvalue weighted by Gasteiger charge is 2.29. The van der Waals surface area contributed by atoms with E-state index in [0.29, 0.717) is 17.9 Å². The molecular formula is C18H24N2OS. The van der Waals surface area contributed by atoms with Gasteiger partial charge in [0, 0.05) is 17.6 Å². The summed E-state index contributed by atoms with van der Waals surface area (Å²) in [6, 6.07) is 4.24. The zero-order chi connectivity index (χ0) is 15.9. The molecule has 0 fully saturated rings. The zero-order valence-electron chi connectivity index (χ0n) is 13.8. The molecule has 1 aliphatic carbocycles. The normalized spacial score (nSPS) is 18.3. The number of carbonyl (C=O) groups is 1. The van der Waals surface area contributed by atoms with Crippen molar-refractivity contribution in [2.75, 3.05) is 6.54 Å². The summed E-state index contributed by atoms with van der Waals surface area (Å²) in [7, 11) is 0. The molecule has 0 saturated heterocycles. The molecule has 22 heavy (non-hydrogen) atoms. The van der Waals surface area contributed by atoms with Crippen molar-refractivity contribution in [2.24, 2.45) is 11.3 Å². The topological polar surface area (TPSA) is 42.0 Å². The van der Waals surface area contributed by atoms with Gasteiger partial charge in [-0.15, -0.1) is 11.3 Å². The van der Waals surface area contributed by atoms with Crippen LogP contribution in [0, 0.1) is 11.3 Å². The third-order valence-corrected chi connectivity index (χ3v) is 5.70. The molecular weight excluding hydrogens is 292 g/mol. The molecule has 2 heterocycles. The monoisotopic (exact) mass is 316 g/mol. The highest BCUT2D eigenvalue weighted by molar-refractivity contribution is 7.20. The molecule has 1 amide bonds. The van der Waals surface area contributed by atoms with Crippen LogP contribution in [0.1, 0.15) is 55.0 Å². The number of thiophene rings is 1. The fourth-order valence-corrected chi connectivity index (χ4v) is 4.17. The van der Waals surface area contributed by atoms with Crippen molar-refractivity contribution in [2.45, 2.75) is 47.0 Å². The van der Waals surface area contributed by atoms with E-state index in [1.165, 1.54) is 29.0 Å². The third-order valence-electron chi connectivity index (χ3n) is 4.66. The molecule has 1 N–H and O–H groups in total. The Labute approximate surface area is 136 Å². The number of amides is 1. The van der Waals surface area contributed by atoms with Gasteiger partial charge in [0.1, 0.15) is 4.83 Å². The molecule has 118 valence electrons. The van der Waals surface area contributed by atoms with Crippen molar-refractivity contribution < 1.29 is 4.79 Å². The van der Waals surface area contributed by atoms with Crippen LogP contribution >= 0.6 is 11.3 Å². The highest BCUT2D eigenvalue weighted by Crippen LogP contribution is 2.38. The summed E-state index contributed by atoms with van der Waals surface area (Å²) in [6.07, 6.45) is 3.37. The van der Waals surface area contributed by atoms with Gasteiger partial charge in [-0.2, -0.15) is 0 Å². The molecule has 0 bridgehead atoms. The molecule has 2 aromatic heterocycles. The number of rotatable bonds is 2. The second-order valence-corrected chi connectivity index (χ2v) is 8.30. The molecule has 0 aromatic carbocycles. The molecule has 1 atom stereocenters. The Kier molecular flexibility index (Phi) is 3.98. The van der Waals surface area contributed by atoms with Crippen LogP contribution < -0.4 is 5.32 Å². The summed E-state index contributed by atoms with van der Waals surface area (Å²) in [5.74, 6) is 0.719. The minimum Gasteiger partial charge on any atom is -0.352 e. The van der Waals surface area contributed by atoms with E-state index in [2.05, 4.69) is 32.2 Å². The maximum absolute atomic E-state index is 12.0. The molecule has 3 nitrogen and oxygen atoms in total. The third kappa shape index (κ3) is 2.89. The predicted molar refractivity (Wildman–Crippen MR) is 92.6 cm³/mol. The standard InChI is InChI=1S/C18H24N2OS/c1-5-19-16(21)15-10-12-8-11-9-13(18(2,3)4)6-7-14(11)20-17(12)22-15/h8,10,13H,5-7,9H2,1-4H3,(H,19,21). The van der Waals surface area contributed by atoms with Crippen LogP contribution in [0.2, 0.25) is 0 Å². The molecule has 0 saturated carbocycles. The van der Waals surface area contributed by atoms with Crippen molar-refractivity contribution in [3.8, 4) is 0 Å². The first-order valence-electron chi connectivity index (χ1n) is 8.09. The van der Waals surface area contributed by atoms with Gasteiger partial charge < -0.3 is 5.32 Å². The van der Waals surface area contributed by atoms with Crippen LogP contribution in [-0.4, -0.2) is 17.4 Å². The Morgan fingerprint density at radius 3 is 2.86 bits per heavy atom. The minimum atomic E-state index is 0.0102. The first-order chi connectivity index (χ1) is 10.4. The lowest BCUT2D eigenvalue weighted by molar-refractivity contribution is 0.0960. The van der Waals surface area contributed by atoms with Crippen LogP contribution in [-0.2, 0) is 12.8 Å². The smallest absolute Gasteiger partial charge is 0.261 e. The Morgan fingerprint density at radius 2 is 2.18 bits per heavy atom. The van der Waals surface area contributed by atoms with Crippen molar-refractivity contribution in [1.29, 1.82) is 0 Å². The predicted octanol–water partition coefficient (Wildman–Crippen LogP) is 4.20. The van der Waals surface area contributed by atoms with E-state index in [9.17, 15) is 4.79 Å². The number of nitrogens with zero attached hydrogens (tertiary/aromatic N) is 1. The Bertz CT molecular complexity index is 712. The fraction of sp³-hybridized carbons (Fsp3) is 0.556. The average Bonchev–Trinajstić information content (AvgIpc) is 2.86. The van der Waals surface area contributed by atoms with Gasteiger partial charge in [0.2, 0.25) is 0 Å². The number of hydrogen-bond donors (Lipinski definition) is 1. The number of pyridine rings is 1. The van der Waals surface area contributed by atoms with Crippen molar-refractivity contribution >= 4 is 27.5 Å². The first kappa shape index (κ1) is 15.5. The number of aryl methyl sites for hydroxylation is 1. The van der Waals surface area contributed by atoms with E-state index >= 15 is 0 Å². The van der Waals surface area contributed by atoms with Gasteiger partial charge >= 0.3 is 0 Å². The molecule has 0 spiro atoms. The Balaban J connectivity index is 1.95. The average molecular weight is 316 g/mol. The lowest BCUT2D eigenvalue weighted by Crippen LogP contribution is -2.27. The van der Waals surface area contributed by atoms with Crippen molar-refractivity contribution in [3.05, 3.63) is 28.3 Å². The zero-order valence-corrected chi connectivity index (χ0v) is 14.6. The SMILES string of the molecule is CCNC(=O)c1cc2cc3c(nc2s1)CCC(C(C)(C)C)C3. The molecule has 0 radical (unpaired) electrons. The van der Waals surface area contributed by atoms with Crippen molar-refractivity contribution in [1.82, 2.24) is 10.3 Å². The highest BCUT2D eigenvalue weighted by atomic mass is 32.1. The van der Waals surface area contributed by atoms with E-state index in [1.807, 2.05) is 13.0 Å². The number of hydrogen-bond acceptors (Lipinski definition) is 3. The molecule has 2 aromatic rings. The van der Waals surface area contributed by atoms with Crippen LogP contribution in [0.4, 0.5) is 0 Å². The quantitative estimate of drug-likeness (QED) is 0.902. The van der Waals surface area contributed by atoms with Gasteiger partial charge in [-0.25, -0.2) is 4.98 Å². The van der Waals surface area contributed by atoms with E-state index in [0.717, 1.165) is 27.9 Å². The van der Waals surface area contributed by atoms with Gasteiger partial charge in [0.25, 0.3) is 5.91 Å². The number of aromatic nitrogens is 1. The molecule has 4 heteroatoms. The van der Waals surface area contributed by atoms with Crippen LogP contribution in [0.25, 0.3) is 10.2 Å². The first-order valence-corrected chi connectivity index (χ1v) is 8.90. The van der Waals surface area contributed by atoms with E-state index < -0.39 is 0 Å². The van der Waals surface area contributed by atoms with Crippen LogP contribution in [0.15, 0.2) is 12.1 Å². The maximum Gasteiger partial charge on any atom is 0.261 e. The second-order valence-electron chi connectivity index (χ2n) is 7.26. The summed E-state index contributed by atoms with van der Waals surface area (Å²) in [5.41, 5.74) is 2.95. The summed E-state index contributed by atoms with van der Waals surface area (Å²) in [5, 5.41) is 3.97. The Hall–Kier alpha value is -1.42. The van der Waals surface area contributed by atoms with E-state index in [1.54, 1.807) is 0 Å². The van der Waals surface area contributed by atoms with Crippen molar-refractivity contribution in [3.63, 3.8) is 0 Å². The minimum absolute atomic E-state index is 0.0102. The number of nitrogens with one attached hydrogen (secondary N) is 1. The largest absolute Gasteiger partial charge is 0.352 e. The van der Waals surface area contributed by atoms with Gasteiger partial charge in [0.05, 0.1) is 4.88 Å². The van der Waals surface area contributed by atoms with E-state index in [-0.39, 0.29) is 5.91 Å². The van der Waals surface area contributed by atoms with Gasteiger partial charge in [-0.05, 0) is 55.2 Å². The second kappa shape index (κ2) is 5.65. The number of carbonyl (C=O) groups excluding carboxylic acids is 1. The van der Waals surface area contributed by atoms with Gasteiger partial charge in [-0.1, -0.05) is 20.8 Å². The summed E-state index contributed by atoms with van der Waals surface area (Å²) >= 11 is 1.50. The van der Waals surface area contributed by atoms with E-state index in [4.69, 9.17) is 4.98 Å². The lowest BCUT2D eigenvalue weighted by Gasteiger charge is -2.34. The fourth-order valence-electron chi connectivity index (χ4n) is 3.22. The number of fused-ring (bicyclic) bond motifs is 2. The molecule has 1 aliphatic rings. The maximum atomic E-state index is 12.0. The summed E-state index contributed by atoms with van der Waals surface area (Å²) in [4.78, 5) is 18.6. The van der Waals surface area contributed by atoms with Crippen LogP contribution in [0.3, 0.4) is 0 Å². The molecule has 3 rings (SSSR count). The Morgan fingerprint density at radius 1 is 1.41 bits per heavy atom. The van der Waals surface area contributed by atoms with Gasteiger partial charge in [-0.3, -0.25) is 4.79 Å². The van der Waals surface area contributed by atoms with Crippen LogP contribution in [0.5, 0.6) is 0 Å².